The second-order valence-corrected chi connectivity index (χ2v) is 6.16. The molecule has 2 aliphatic rings. The predicted octanol–water partition coefficient (Wildman–Crippen LogP) is 2.84. The molecule has 1 aromatic heterocycles. The fourth-order valence-corrected chi connectivity index (χ4v) is 2.68. The first-order chi connectivity index (χ1) is 10.3. The molecule has 1 aromatic rings. The van der Waals surface area contributed by atoms with Crippen molar-refractivity contribution in [2.75, 3.05) is 13.2 Å². The molecule has 2 heterocycles. The Bertz CT molecular complexity index is 454. The van der Waals surface area contributed by atoms with Gasteiger partial charge in [-0.3, -0.25) is 0 Å². The minimum atomic E-state index is 0.245. The van der Waals surface area contributed by atoms with Crippen molar-refractivity contribution < 1.29 is 9.47 Å². The van der Waals surface area contributed by atoms with E-state index in [0.29, 0.717) is 6.61 Å². The number of nitrogens with zero attached hydrogens (tertiary/aromatic N) is 1. The molecule has 2 fully saturated rings. The maximum atomic E-state index is 5.88. The molecule has 1 aliphatic heterocycles. The highest BCUT2D eigenvalue weighted by Crippen LogP contribution is 2.21. The van der Waals surface area contributed by atoms with Crippen molar-refractivity contribution in [1.29, 1.82) is 0 Å². The van der Waals surface area contributed by atoms with E-state index in [1.807, 2.05) is 0 Å². The highest BCUT2D eigenvalue weighted by atomic mass is 16.5. The van der Waals surface area contributed by atoms with Crippen LogP contribution in [0, 0.1) is 0 Å². The van der Waals surface area contributed by atoms with Crippen LogP contribution in [0.1, 0.15) is 50.3 Å². The minimum absolute atomic E-state index is 0.245. The summed E-state index contributed by atoms with van der Waals surface area (Å²) < 4.78 is 11.5. The molecule has 1 aliphatic carbocycles. The second kappa shape index (κ2) is 7.23. The standard InChI is InChI=1S/C17H26N2O2/c1-2-4-15-9-13(11-18-14-6-7-14)10-17(19-15)21-12-16-5-3-8-20-16/h9-10,14,16,18H,2-8,11-12H2,1H3. The summed E-state index contributed by atoms with van der Waals surface area (Å²) >= 11 is 0. The van der Waals surface area contributed by atoms with Crippen molar-refractivity contribution in [3.05, 3.63) is 23.4 Å². The molecule has 21 heavy (non-hydrogen) atoms. The number of rotatable bonds is 8. The Labute approximate surface area is 127 Å². The molecule has 3 rings (SSSR count). The molecule has 0 spiro atoms. The number of aromatic nitrogens is 1. The van der Waals surface area contributed by atoms with E-state index in [0.717, 1.165) is 56.5 Å². The average molecular weight is 290 g/mol. The van der Waals surface area contributed by atoms with E-state index in [-0.39, 0.29) is 6.10 Å². The van der Waals surface area contributed by atoms with Crippen molar-refractivity contribution in [3.63, 3.8) is 0 Å². The Morgan fingerprint density at radius 2 is 2.24 bits per heavy atom. The fraction of sp³-hybridized carbons (Fsp3) is 0.706. The summed E-state index contributed by atoms with van der Waals surface area (Å²) in [5, 5.41) is 3.56. The molecule has 1 saturated heterocycles. The zero-order valence-electron chi connectivity index (χ0n) is 12.9. The number of hydrogen-bond donors (Lipinski definition) is 1. The zero-order valence-corrected chi connectivity index (χ0v) is 12.9. The van der Waals surface area contributed by atoms with Crippen LogP contribution in [-0.2, 0) is 17.7 Å². The van der Waals surface area contributed by atoms with Crippen molar-refractivity contribution in [1.82, 2.24) is 10.3 Å². The van der Waals surface area contributed by atoms with Gasteiger partial charge in [0, 0.05) is 31.0 Å². The maximum absolute atomic E-state index is 5.88. The molecule has 1 saturated carbocycles. The molecule has 4 heteroatoms. The summed E-state index contributed by atoms with van der Waals surface area (Å²) in [4.78, 5) is 4.62. The third-order valence-electron chi connectivity index (χ3n) is 4.03. The smallest absolute Gasteiger partial charge is 0.213 e. The lowest BCUT2D eigenvalue weighted by molar-refractivity contribution is 0.0662. The Kier molecular flexibility index (Phi) is 5.09. The third kappa shape index (κ3) is 4.68. The van der Waals surface area contributed by atoms with E-state index in [1.165, 1.54) is 18.4 Å². The summed E-state index contributed by atoms with van der Waals surface area (Å²) in [5.74, 6) is 0.754. The highest BCUT2D eigenvalue weighted by molar-refractivity contribution is 5.25. The molecule has 0 bridgehead atoms. The van der Waals surface area contributed by atoms with Crippen molar-refractivity contribution in [2.45, 2.75) is 64.1 Å². The fourth-order valence-electron chi connectivity index (χ4n) is 2.68. The topological polar surface area (TPSA) is 43.4 Å². The molecular weight excluding hydrogens is 264 g/mol. The third-order valence-corrected chi connectivity index (χ3v) is 4.03. The van der Waals surface area contributed by atoms with Gasteiger partial charge in [0.05, 0.1) is 6.10 Å². The van der Waals surface area contributed by atoms with E-state index in [1.54, 1.807) is 0 Å². The first kappa shape index (κ1) is 14.8. The molecule has 0 aromatic carbocycles. The average Bonchev–Trinajstić information content (AvgIpc) is 3.17. The molecule has 4 nitrogen and oxygen atoms in total. The number of hydrogen-bond acceptors (Lipinski definition) is 4. The molecule has 0 amide bonds. The first-order valence-electron chi connectivity index (χ1n) is 8.31. The van der Waals surface area contributed by atoms with Gasteiger partial charge in [-0.2, -0.15) is 0 Å². The number of pyridine rings is 1. The number of aryl methyl sites for hydroxylation is 1. The highest BCUT2D eigenvalue weighted by Gasteiger charge is 2.20. The van der Waals surface area contributed by atoms with Crippen LogP contribution in [0.25, 0.3) is 0 Å². The molecule has 0 radical (unpaired) electrons. The molecule has 1 atom stereocenters. The van der Waals surface area contributed by atoms with Crippen LogP contribution in [0.4, 0.5) is 0 Å². The Balaban J connectivity index is 1.61. The van der Waals surface area contributed by atoms with E-state index in [2.05, 4.69) is 29.4 Å². The SMILES string of the molecule is CCCc1cc(CNC2CC2)cc(OCC2CCCO2)n1. The van der Waals surface area contributed by atoms with E-state index in [9.17, 15) is 0 Å². The number of nitrogens with one attached hydrogen (secondary N) is 1. The van der Waals surface area contributed by atoms with Crippen LogP contribution in [0.2, 0.25) is 0 Å². The van der Waals surface area contributed by atoms with Gasteiger partial charge in [-0.05, 0) is 43.7 Å². The molecule has 1 unspecified atom stereocenters. The van der Waals surface area contributed by atoms with Crippen LogP contribution >= 0.6 is 0 Å². The first-order valence-corrected chi connectivity index (χ1v) is 8.31. The van der Waals surface area contributed by atoms with Crippen LogP contribution in [0.5, 0.6) is 5.88 Å². The monoisotopic (exact) mass is 290 g/mol. The summed E-state index contributed by atoms with van der Waals surface area (Å²) in [6.45, 7) is 4.59. The van der Waals surface area contributed by atoms with Gasteiger partial charge < -0.3 is 14.8 Å². The lowest BCUT2D eigenvalue weighted by Crippen LogP contribution is -2.18. The minimum Gasteiger partial charge on any atom is -0.475 e. The van der Waals surface area contributed by atoms with Gasteiger partial charge in [0.1, 0.15) is 6.61 Å². The van der Waals surface area contributed by atoms with Gasteiger partial charge in [-0.15, -0.1) is 0 Å². The second-order valence-electron chi connectivity index (χ2n) is 6.16. The normalized spacial score (nSPS) is 21.7. The lowest BCUT2D eigenvalue weighted by atomic mass is 10.1. The van der Waals surface area contributed by atoms with Gasteiger partial charge in [-0.1, -0.05) is 13.3 Å². The zero-order chi connectivity index (χ0) is 14.5. The lowest BCUT2D eigenvalue weighted by Gasteiger charge is -2.13. The molecular formula is C17H26N2O2. The Hall–Kier alpha value is -1.13. The summed E-state index contributed by atoms with van der Waals surface area (Å²) in [5.41, 5.74) is 2.41. The van der Waals surface area contributed by atoms with Crippen LogP contribution in [0.15, 0.2) is 12.1 Å². The van der Waals surface area contributed by atoms with E-state index < -0.39 is 0 Å². The maximum Gasteiger partial charge on any atom is 0.213 e. The van der Waals surface area contributed by atoms with Gasteiger partial charge in [-0.25, -0.2) is 4.98 Å². The molecule has 1 N–H and O–H groups in total. The van der Waals surface area contributed by atoms with Crippen molar-refractivity contribution in [3.8, 4) is 5.88 Å². The van der Waals surface area contributed by atoms with E-state index >= 15 is 0 Å². The van der Waals surface area contributed by atoms with Crippen LogP contribution in [0.3, 0.4) is 0 Å². The van der Waals surface area contributed by atoms with E-state index in [4.69, 9.17) is 9.47 Å². The Morgan fingerprint density at radius 3 is 2.95 bits per heavy atom. The summed E-state index contributed by atoms with van der Waals surface area (Å²) in [6, 6.07) is 5.01. The predicted molar refractivity (Wildman–Crippen MR) is 82.6 cm³/mol. The quantitative estimate of drug-likeness (QED) is 0.799. The number of ether oxygens (including phenoxy) is 2. The molecule has 116 valence electrons. The van der Waals surface area contributed by atoms with Crippen molar-refractivity contribution in [2.24, 2.45) is 0 Å². The van der Waals surface area contributed by atoms with Crippen LogP contribution in [-0.4, -0.2) is 30.3 Å². The largest absolute Gasteiger partial charge is 0.475 e. The van der Waals surface area contributed by atoms with Gasteiger partial charge in [0.2, 0.25) is 5.88 Å². The van der Waals surface area contributed by atoms with Gasteiger partial charge in [0.15, 0.2) is 0 Å². The van der Waals surface area contributed by atoms with Gasteiger partial charge in [0.25, 0.3) is 0 Å². The Morgan fingerprint density at radius 1 is 1.33 bits per heavy atom. The summed E-state index contributed by atoms with van der Waals surface area (Å²) in [7, 11) is 0. The van der Waals surface area contributed by atoms with Gasteiger partial charge >= 0.3 is 0 Å². The summed E-state index contributed by atoms with van der Waals surface area (Å²) in [6.07, 6.45) is 7.24. The van der Waals surface area contributed by atoms with Crippen LogP contribution < -0.4 is 10.1 Å². The van der Waals surface area contributed by atoms with Crippen molar-refractivity contribution >= 4 is 0 Å².